The van der Waals surface area contributed by atoms with Crippen molar-refractivity contribution in [3.8, 4) is 89.3 Å². The molecule has 0 N–H and O–H groups in total. The maximum Gasteiger partial charge on any atom is 0.252 e. The Bertz CT molecular complexity index is 6750. The van der Waals surface area contributed by atoms with E-state index in [9.17, 15) is 0 Å². The first-order chi connectivity index (χ1) is 54.1. The van der Waals surface area contributed by atoms with Crippen molar-refractivity contribution in [1.29, 1.82) is 0 Å². The van der Waals surface area contributed by atoms with E-state index < -0.39 is 0 Å². The molecule has 0 radical (unpaired) electrons. The van der Waals surface area contributed by atoms with Crippen molar-refractivity contribution in [2.75, 3.05) is 9.80 Å². The van der Waals surface area contributed by atoms with Crippen molar-refractivity contribution >= 4 is 122 Å². The summed E-state index contributed by atoms with van der Waals surface area (Å²) < 4.78 is 5.04. The van der Waals surface area contributed by atoms with Crippen LogP contribution in [0.3, 0.4) is 0 Å². The number of para-hydroxylation sites is 6. The molecule has 2 aliphatic rings. The zero-order chi connectivity index (χ0) is 71.6. The van der Waals surface area contributed by atoms with Gasteiger partial charge >= 0.3 is 0 Å². The zero-order valence-corrected chi connectivity index (χ0v) is 59.5. The number of aromatic nitrogens is 2. The smallest absolute Gasteiger partial charge is 0.252 e. The van der Waals surface area contributed by atoms with Gasteiger partial charge in [-0.15, -0.1) is 0 Å². The molecule has 506 valence electrons. The summed E-state index contributed by atoms with van der Waals surface area (Å²) in [5.74, 6) is 0. The minimum atomic E-state index is -0.293. The predicted molar refractivity (Wildman–Crippen MR) is 462 cm³/mol. The van der Waals surface area contributed by atoms with Gasteiger partial charge in [-0.05, 0) is 148 Å². The SMILES string of the molecule is c1ccc(-c2ccc(-c3c4ccccc4c(-c4ccc5c(c4)N(c4c(-c6ccccc6)cccc4-c4ccccc4)c4cc(-n6c7ccccc7c7ccccc76)cc6c4B5c4ccc(-n5c7ccccc7c7ccccc75)cc4N6c4c(-c5ccccc5)cccc4-c4ccccc4)c4ccccc34)cc2)cc1. The Morgan fingerprint density at radius 2 is 0.468 bits per heavy atom. The highest BCUT2D eigenvalue weighted by atomic mass is 15.2. The molecule has 4 heterocycles. The van der Waals surface area contributed by atoms with E-state index in [0.29, 0.717) is 0 Å². The zero-order valence-electron chi connectivity index (χ0n) is 59.5. The molecule has 0 aliphatic carbocycles. The van der Waals surface area contributed by atoms with E-state index in [-0.39, 0.29) is 6.71 Å². The lowest BCUT2D eigenvalue weighted by Gasteiger charge is -2.46. The van der Waals surface area contributed by atoms with E-state index in [4.69, 9.17) is 0 Å². The van der Waals surface area contributed by atoms with Crippen molar-refractivity contribution < 1.29 is 0 Å². The van der Waals surface area contributed by atoms with Crippen molar-refractivity contribution in [1.82, 2.24) is 9.13 Å². The maximum absolute atomic E-state index is 2.71. The van der Waals surface area contributed by atoms with Crippen molar-refractivity contribution in [3.63, 3.8) is 0 Å². The second kappa shape index (κ2) is 25.2. The van der Waals surface area contributed by atoms with Gasteiger partial charge in [0.05, 0.1) is 39.1 Å². The summed E-state index contributed by atoms with van der Waals surface area (Å²) in [5.41, 5.74) is 33.0. The molecule has 5 heteroatoms. The van der Waals surface area contributed by atoms with Crippen LogP contribution in [0, 0.1) is 0 Å². The standard InChI is InChI=1S/C104H67BN4/c1-6-30-68(31-7-1)69-56-58-74(59-57-69)100-86-44-16-18-46-88(86)101(89-47-19-17-45-87(89)100)75-60-62-90-96(64-75)108(103-78(70-32-8-2-9-33-70)48-28-49-79(103)71-34-10-3-11-35-71)98-66-77(107-94-54-26-22-42-84(94)85-43-23-27-55-95(85)107)67-99-102(98)105(90)91-63-61-76(106-92-52-24-20-40-82(92)83-41-21-25-53-93(83)106)65-97(91)109(99)104-80(72-36-12-4-13-37-72)50-29-51-81(104)73-38-14-5-15-39-73/h1-67H. The Kier molecular flexibility index (Phi) is 14.4. The summed E-state index contributed by atoms with van der Waals surface area (Å²) in [6.45, 7) is -0.293. The van der Waals surface area contributed by atoms with Crippen molar-refractivity contribution in [2.24, 2.45) is 0 Å². The molecule has 18 aromatic carbocycles. The van der Waals surface area contributed by atoms with E-state index in [0.717, 1.165) is 118 Å². The molecular formula is C104H67BN4. The van der Waals surface area contributed by atoms with E-state index in [1.807, 2.05) is 0 Å². The van der Waals surface area contributed by atoms with E-state index in [1.165, 1.54) is 87.3 Å². The van der Waals surface area contributed by atoms with Gasteiger partial charge < -0.3 is 18.9 Å². The third-order valence-electron chi connectivity index (χ3n) is 23.1. The highest BCUT2D eigenvalue weighted by Crippen LogP contribution is 2.55. The number of hydrogen-bond donors (Lipinski definition) is 0. The van der Waals surface area contributed by atoms with Gasteiger partial charge in [-0.25, -0.2) is 0 Å². The van der Waals surface area contributed by atoms with Gasteiger partial charge in [-0.1, -0.05) is 352 Å². The minimum Gasteiger partial charge on any atom is -0.310 e. The van der Waals surface area contributed by atoms with Crippen LogP contribution in [-0.2, 0) is 0 Å². The summed E-state index contributed by atoms with van der Waals surface area (Å²) in [5, 5.41) is 9.63. The fraction of sp³-hybridized carbons (Fsp3) is 0. The van der Waals surface area contributed by atoms with Gasteiger partial charge in [-0.2, -0.15) is 0 Å². The summed E-state index contributed by atoms with van der Waals surface area (Å²) >= 11 is 0. The van der Waals surface area contributed by atoms with Crippen LogP contribution in [0.15, 0.2) is 406 Å². The van der Waals surface area contributed by atoms with Crippen LogP contribution < -0.4 is 26.2 Å². The van der Waals surface area contributed by atoms with Gasteiger partial charge in [0.25, 0.3) is 6.71 Å². The van der Waals surface area contributed by atoms with Gasteiger partial charge in [0.1, 0.15) is 0 Å². The molecule has 109 heavy (non-hydrogen) atoms. The van der Waals surface area contributed by atoms with Gasteiger partial charge in [0.2, 0.25) is 0 Å². The molecule has 0 fully saturated rings. The molecule has 0 atom stereocenters. The quantitative estimate of drug-likeness (QED) is 0.0948. The first-order valence-electron chi connectivity index (χ1n) is 37.8. The highest BCUT2D eigenvalue weighted by molar-refractivity contribution is 7.00. The molecule has 4 nitrogen and oxygen atoms in total. The number of anilines is 6. The van der Waals surface area contributed by atoms with E-state index in [2.05, 4.69) is 425 Å². The Morgan fingerprint density at radius 3 is 0.862 bits per heavy atom. The number of benzene rings is 18. The highest BCUT2D eigenvalue weighted by Gasteiger charge is 2.46. The number of hydrogen-bond acceptors (Lipinski definition) is 2. The summed E-state index contributed by atoms with van der Waals surface area (Å²) in [4.78, 5) is 5.40. The Balaban J connectivity index is 0.906. The first kappa shape index (κ1) is 62.2. The van der Waals surface area contributed by atoms with Gasteiger partial charge in [-0.3, -0.25) is 0 Å². The van der Waals surface area contributed by atoms with Crippen LogP contribution in [-0.4, -0.2) is 15.8 Å². The first-order valence-corrected chi connectivity index (χ1v) is 37.8. The summed E-state index contributed by atoms with van der Waals surface area (Å²) in [7, 11) is 0. The molecule has 0 saturated carbocycles. The average molecular weight is 1380 g/mol. The van der Waals surface area contributed by atoms with Crippen LogP contribution in [0.25, 0.3) is 154 Å². The fourth-order valence-electron chi connectivity index (χ4n) is 18.5. The largest absolute Gasteiger partial charge is 0.310 e. The van der Waals surface area contributed by atoms with Crippen LogP contribution in [0.5, 0.6) is 0 Å². The van der Waals surface area contributed by atoms with Gasteiger partial charge in [0, 0.05) is 72.2 Å². The molecule has 0 saturated heterocycles. The lowest BCUT2D eigenvalue weighted by molar-refractivity contribution is 1.15. The average Bonchev–Trinajstić information content (AvgIpc) is 1.08. The third-order valence-corrected chi connectivity index (χ3v) is 23.1. The molecule has 2 aliphatic heterocycles. The Labute approximate surface area is 632 Å². The van der Waals surface area contributed by atoms with Crippen LogP contribution >= 0.6 is 0 Å². The van der Waals surface area contributed by atoms with Crippen molar-refractivity contribution in [2.45, 2.75) is 0 Å². The van der Waals surface area contributed by atoms with E-state index in [1.54, 1.807) is 0 Å². The summed E-state index contributed by atoms with van der Waals surface area (Å²) in [6.07, 6.45) is 0. The Hall–Kier alpha value is -14.3. The second-order valence-electron chi connectivity index (χ2n) is 28.9. The lowest BCUT2D eigenvalue weighted by atomic mass is 9.33. The summed E-state index contributed by atoms with van der Waals surface area (Å²) in [6, 6.07) is 152. The van der Waals surface area contributed by atoms with E-state index >= 15 is 0 Å². The third kappa shape index (κ3) is 9.80. The van der Waals surface area contributed by atoms with Gasteiger partial charge in [0.15, 0.2) is 0 Å². The molecule has 0 bridgehead atoms. The van der Waals surface area contributed by atoms with Crippen LogP contribution in [0.1, 0.15) is 0 Å². The van der Waals surface area contributed by atoms with Crippen LogP contribution in [0.2, 0.25) is 0 Å². The number of nitrogens with zero attached hydrogens (tertiary/aromatic N) is 4. The number of fused-ring (bicyclic) bond motifs is 12. The molecule has 0 spiro atoms. The topological polar surface area (TPSA) is 16.3 Å². The fourth-order valence-corrected chi connectivity index (χ4v) is 18.5. The minimum absolute atomic E-state index is 0.293. The molecular weight excluding hydrogens is 1320 g/mol. The normalized spacial score (nSPS) is 12.3. The monoisotopic (exact) mass is 1380 g/mol. The number of rotatable bonds is 11. The maximum atomic E-state index is 2.71. The van der Waals surface area contributed by atoms with Crippen LogP contribution in [0.4, 0.5) is 34.1 Å². The second-order valence-corrected chi connectivity index (χ2v) is 28.9. The predicted octanol–water partition coefficient (Wildman–Crippen LogP) is 25.9. The van der Waals surface area contributed by atoms with Crippen molar-refractivity contribution in [3.05, 3.63) is 406 Å². The molecule has 0 unspecified atom stereocenters. The molecule has 2 aromatic heterocycles. The lowest BCUT2D eigenvalue weighted by Crippen LogP contribution is -2.61. The molecule has 20 aromatic rings. The molecule has 0 amide bonds. The Morgan fingerprint density at radius 1 is 0.183 bits per heavy atom. The molecule has 22 rings (SSSR count).